The fraction of sp³-hybridized carbons (Fsp3) is 0. The van der Waals surface area contributed by atoms with Crippen molar-refractivity contribution >= 4 is 43.7 Å². The van der Waals surface area contributed by atoms with Gasteiger partial charge in [0.1, 0.15) is 5.52 Å². The van der Waals surface area contributed by atoms with Crippen molar-refractivity contribution in [3.05, 3.63) is 158 Å². The third-order valence-corrected chi connectivity index (χ3v) is 8.52. The average molecular weight is 563 g/mol. The minimum Gasteiger partial charge on any atom is -0.309 e. The SMILES string of the molecule is c1ccc(-c2nc(-c3ccc4c5ccccc5n(-c5ccccc5)c4c3)c3c(n2)c2ccccc2n3-c2ccccc2)cc1. The van der Waals surface area contributed by atoms with Gasteiger partial charge in [-0.3, -0.25) is 0 Å². The van der Waals surface area contributed by atoms with Crippen molar-refractivity contribution in [1.29, 1.82) is 0 Å². The Hall–Kier alpha value is -6.00. The monoisotopic (exact) mass is 562 g/mol. The number of para-hydroxylation sites is 4. The van der Waals surface area contributed by atoms with Gasteiger partial charge in [-0.1, -0.05) is 115 Å². The normalized spacial score (nSPS) is 11.6. The van der Waals surface area contributed by atoms with Crippen LogP contribution in [0.5, 0.6) is 0 Å². The molecule has 0 aliphatic carbocycles. The molecular weight excluding hydrogens is 536 g/mol. The molecule has 3 heterocycles. The lowest BCUT2D eigenvalue weighted by molar-refractivity contribution is 1.15. The number of hydrogen-bond donors (Lipinski definition) is 0. The molecule has 6 aromatic carbocycles. The second-order valence-electron chi connectivity index (χ2n) is 11.1. The van der Waals surface area contributed by atoms with Crippen molar-refractivity contribution in [3.63, 3.8) is 0 Å². The first kappa shape index (κ1) is 24.6. The van der Waals surface area contributed by atoms with Crippen LogP contribution in [0.25, 0.3) is 77.8 Å². The highest BCUT2D eigenvalue weighted by atomic mass is 15.0. The molecule has 0 spiro atoms. The zero-order valence-corrected chi connectivity index (χ0v) is 23.8. The topological polar surface area (TPSA) is 35.6 Å². The molecule has 4 heteroatoms. The lowest BCUT2D eigenvalue weighted by atomic mass is 10.1. The van der Waals surface area contributed by atoms with Crippen molar-refractivity contribution in [1.82, 2.24) is 19.1 Å². The Kier molecular flexibility index (Phi) is 5.47. The van der Waals surface area contributed by atoms with E-state index < -0.39 is 0 Å². The highest BCUT2D eigenvalue weighted by Crippen LogP contribution is 2.40. The Labute approximate surface area is 254 Å². The zero-order valence-electron chi connectivity index (χ0n) is 23.8. The van der Waals surface area contributed by atoms with Crippen LogP contribution < -0.4 is 0 Å². The van der Waals surface area contributed by atoms with Crippen LogP contribution in [-0.4, -0.2) is 19.1 Å². The summed E-state index contributed by atoms with van der Waals surface area (Å²) in [5.74, 6) is 0.716. The summed E-state index contributed by atoms with van der Waals surface area (Å²) < 4.78 is 4.67. The zero-order chi connectivity index (χ0) is 29.0. The number of fused-ring (bicyclic) bond motifs is 6. The molecule has 3 aromatic heterocycles. The van der Waals surface area contributed by atoms with Gasteiger partial charge >= 0.3 is 0 Å². The Morgan fingerprint density at radius 2 is 0.932 bits per heavy atom. The number of rotatable bonds is 4. The van der Waals surface area contributed by atoms with Crippen LogP contribution in [0.15, 0.2) is 158 Å². The first-order valence-corrected chi connectivity index (χ1v) is 14.9. The Morgan fingerprint density at radius 3 is 1.64 bits per heavy atom. The molecule has 0 radical (unpaired) electrons. The van der Waals surface area contributed by atoms with Crippen molar-refractivity contribution in [2.75, 3.05) is 0 Å². The van der Waals surface area contributed by atoms with Gasteiger partial charge in [0.15, 0.2) is 5.82 Å². The van der Waals surface area contributed by atoms with E-state index in [4.69, 9.17) is 9.97 Å². The Bertz CT molecular complexity index is 2470. The summed E-state index contributed by atoms with van der Waals surface area (Å²) in [5, 5.41) is 3.55. The quantitative estimate of drug-likeness (QED) is 0.214. The summed E-state index contributed by atoms with van der Waals surface area (Å²) in [4.78, 5) is 10.6. The molecule has 0 N–H and O–H groups in total. The largest absolute Gasteiger partial charge is 0.309 e. The maximum atomic E-state index is 5.34. The van der Waals surface area contributed by atoms with Crippen molar-refractivity contribution in [2.45, 2.75) is 0 Å². The van der Waals surface area contributed by atoms with Crippen LogP contribution in [0, 0.1) is 0 Å². The molecule has 44 heavy (non-hydrogen) atoms. The predicted molar refractivity (Wildman–Crippen MR) is 182 cm³/mol. The van der Waals surface area contributed by atoms with E-state index in [0.29, 0.717) is 5.82 Å². The lowest BCUT2D eigenvalue weighted by Gasteiger charge is -2.13. The smallest absolute Gasteiger partial charge is 0.160 e. The van der Waals surface area contributed by atoms with Crippen LogP contribution in [-0.2, 0) is 0 Å². The Morgan fingerprint density at radius 1 is 0.386 bits per heavy atom. The highest BCUT2D eigenvalue weighted by Gasteiger charge is 2.22. The molecule has 0 amide bonds. The van der Waals surface area contributed by atoms with Crippen molar-refractivity contribution in [3.8, 4) is 34.0 Å². The summed E-state index contributed by atoms with van der Waals surface area (Å²) in [6.07, 6.45) is 0. The van der Waals surface area contributed by atoms with Crippen LogP contribution in [0.2, 0.25) is 0 Å². The number of hydrogen-bond acceptors (Lipinski definition) is 2. The van der Waals surface area contributed by atoms with Crippen LogP contribution in [0.3, 0.4) is 0 Å². The van der Waals surface area contributed by atoms with Gasteiger partial charge in [-0.05, 0) is 42.5 Å². The third kappa shape index (κ3) is 3.71. The van der Waals surface area contributed by atoms with Gasteiger partial charge in [-0.15, -0.1) is 0 Å². The van der Waals surface area contributed by atoms with Crippen LogP contribution >= 0.6 is 0 Å². The lowest BCUT2D eigenvalue weighted by Crippen LogP contribution is -2.00. The summed E-state index contributed by atoms with van der Waals surface area (Å²) in [6, 6.07) is 55.3. The summed E-state index contributed by atoms with van der Waals surface area (Å²) in [5.41, 5.74) is 10.5. The van der Waals surface area contributed by atoms with E-state index in [2.05, 4.69) is 149 Å². The molecule has 0 fully saturated rings. The molecule has 9 aromatic rings. The number of benzene rings is 6. The number of aromatic nitrogens is 4. The van der Waals surface area contributed by atoms with E-state index in [1.54, 1.807) is 0 Å². The molecule has 206 valence electrons. The van der Waals surface area contributed by atoms with Crippen molar-refractivity contribution in [2.24, 2.45) is 0 Å². The minimum atomic E-state index is 0.716. The molecule has 0 aliphatic heterocycles. The highest BCUT2D eigenvalue weighted by molar-refractivity contribution is 6.13. The van der Waals surface area contributed by atoms with Gasteiger partial charge in [0.25, 0.3) is 0 Å². The van der Waals surface area contributed by atoms with Gasteiger partial charge in [0.05, 0.1) is 27.8 Å². The first-order valence-electron chi connectivity index (χ1n) is 14.9. The maximum Gasteiger partial charge on any atom is 0.160 e. The van der Waals surface area contributed by atoms with E-state index in [9.17, 15) is 0 Å². The van der Waals surface area contributed by atoms with E-state index in [1.165, 1.54) is 16.3 Å². The second kappa shape index (κ2) is 9.79. The van der Waals surface area contributed by atoms with E-state index in [0.717, 1.165) is 55.6 Å². The molecule has 0 aliphatic rings. The van der Waals surface area contributed by atoms with Gasteiger partial charge in [0.2, 0.25) is 0 Å². The number of nitrogens with zero attached hydrogens (tertiary/aromatic N) is 4. The standard InChI is InChI=1S/C40H26N4/c1-4-14-27(15-5-1)40-41-37(39-38(42-40)33-21-11-13-23-35(33)44(39)30-18-8-3-9-19-30)28-24-25-32-31-20-10-12-22-34(31)43(36(32)26-28)29-16-6-2-7-17-29/h1-26H. The van der Waals surface area contributed by atoms with E-state index in [1.807, 2.05) is 18.2 Å². The Balaban J connectivity index is 1.43. The van der Waals surface area contributed by atoms with Gasteiger partial charge < -0.3 is 9.13 Å². The maximum absolute atomic E-state index is 5.34. The van der Waals surface area contributed by atoms with Gasteiger partial charge in [0, 0.05) is 38.7 Å². The van der Waals surface area contributed by atoms with E-state index >= 15 is 0 Å². The molecule has 0 bridgehead atoms. The van der Waals surface area contributed by atoms with Crippen LogP contribution in [0.4, 0.5) is 0 Å². The fourth-order valence-corrected chi connectivity index (χ4v) is 6.58. The molecular formula is C40H26N4. The first-order chi connectivity index (χ1) is 21.8. The molecule has 4 nitrogen and oxygen atoms in total. The summed E-state index contributed by atoms with van der Waals surface area (Å²) in [6.45, 7) is 0. The predicted octanol–water partition coefficient (Wildman–Crippen LogP) is 10.0. The van der Waals surface area contributed by atoms with Crippen LogP contribution in [0.1, 0.15) is 0 Å². The third-order valence-electron chi connectivity index (χ3n) is 8.52. The minimum absolute atomic E-state index is 0.716. The van der Waals surface area contributed by atoms with Crippen molar-refractivity contribution < 1.29 is 0 Å². The second-order valence-corrected chi connectivity index (χ2v) is 11.1. The summed E-state index contributed by atoms with van der Waals surface area (Å²) >= 11 is 0. The molecule has 0 unspecified atom stereocenters. The summed E-state index contributed by atoms with van der Waals surface area (Å²) in [7, 11) is 0. The fourth-order valence-electron chi connectivity index (χ4n) is 6.58. The molecule has 0 atom stereocenters. The van der Waals surface area contributed by atoms with Gasteiger partial charge in [-0.25, -0.2) is 9.97 Å². The molecule has 0 saturated carbocycles. The molecule has 0 saturated heterocycles. The molecule has 9 rings (SSSR count). The van der Waals surface area contributed by atoms with Gasteiger partial charge in [-0.2, -0.15) is 0 Å². The average Bonchev–Trinajstić information content (AvgIpc) is 3.62. The van der Waals surface area contributed by atoms with E-state index in [-0.39, 0.29) is 0 Å².